The summed E-state index contributed by atoms with van der Waals surface area (Å²) in [5.41, 5.74) is 7.14. The predicted octanol–water partition coefficient (Wildman–Crippen LogP) is 5.50. The first-order chi connectivity index (χ1) is 20.3. The van der Waals surface area contributed by atoms with Crippen molar-refractivity contribution < 1.29 is 23.9 Å². The Balaban J connectivity index is 1.17. The molecule has 2 atom stereocenters. The Morgan fingerprint density at radius 2 is 1.19 bits per heavy atom. The van der Waals surface area contributed by atoms with Crippen LogP contribution >= 0.6 is 0 Å². The highest BCUT2D eigenvalue weighted by molar-refractivity contribution is 6.25. The van der Waals surface area contributed by atoms with Crippen LogP contribution in [0.15, 0.2) is 91.0 Å². The number of anilines is 2. The predicted molar refractivity (Wildman–Crippen MR) is 157 cm³/mol. The van der Waals surface area contributed by atoms with Gasteiger partial charge in [-0.05, 0) is 71.5 Å². The van der Waals surface area contributed by atoms with Gasteiger partial charge in [-0.2, -0.15) is 0 Å². The summed E-state index contributed by atoms with van der Waals surface area (Å²) < 4.78 is 5.37. The fourth-order valence-corrected chi connectivity index (χ4v) is 7.21. The first-order valence-corrected chi connectivity index (χ1v) is 14.0. The zero-order valence-corrected chi connectivity index (χ0v) is 23.2. The summed E-state index contributed by atoms with van der Waals surface area (Å²) in [4.78, 5) is 55.3. The van der Waals surface area contributed by atoms with Gasteiger partial charge in [0.1, 0.15) is 0 Å². The summed E-state index contributed by atoms with van der Waals surface area (Å²) in [5.74, 6) is -3.55. The molecule has 1 saturated heterocycles. The van der Waals surface area contributed by atoms with Crippen molar-refractivity contribution in [2.45, 2.75) is 25.7 Å². The summed E-state index contributed by atoms with van der Waals surface area (Å²) >= 11 is 0. The van der Waals surface area contributed by atoms with Crippen molar-refractivity contribution in [1.82, 2.24) is 0 Å². The van der Waals surface area contributed by atoms with Gasteiger partial charge in [-0.1, -0.05) is 66.7 Å². The van der Waals surface area contributed by atoms with E-state index in [1.54, 1.807) is 18.2 Å². The van der Waals surface area contributed by atoms with Crippen molar-refractivity contribution in [3.05, 3.63) is 130 Å². The van der Waals surface area contributed by atoms with E-state index in [9.17, 15) is 19.2 Å². The van der Waals surface area contributed by atoms with Gasteiger partial charge in [-0.15, -0.1) is 0 Å². The molecule has 0 aromatic heterocycles. The van der Waals surface area contributed by atoms with Gasteiger partial charge in [0.15, 0.2) is 6.61 Å². The van der Waals surface area contributed by atoms with Crippen LogP contribution in [0.5, 0.6) is 0 Å². The van der Waals surface area contributed by atoms with Gasteiger partial charge in [0, 0.05) is 17.5 Å². The summed E-state index contributed by atoms with van der Waals surface area (Å²) in [5, 5.41) is 2.75. The van der Waals surface area contributed by atoms with Crippen LogP contribution in [0.25, 0.3) is 0 Å². The number of benzene rings is 4. The summed E-state index contributed by atoms with van der Waals surface area (Å²) in [6, 6.07) is 28.2. The number of esters is 1. The molecular weight excluding hydrogens is 528 g/mol. The van der Waals surface area contributed by atoms with E-state index >= 15 is 0 Å². The number of para-hydroxylation sites is 1. The van der Waals surface area contributed by atoms with Crippen molar-refractivity contribution >= 4 is 35.1 Å². The number of rotatable bonds is 5. The number of hydrogen-bond acceptors (Lipinski definition) is 5. The van der Waals surface area contributed by atoms with E-state index in [0.717, 1.165) is 33.4 Å². The monoisotopic (exact) mass is 556 g/mol. The van der Waals surface area contributed by atoms with E-state index in [1.807, 2.05) is 80.6 Å². The van der Waals surface area contributed by atoms with Gasteiger partial charge in [0.2, 0.25) is 11.8 Å². The highest BCUT2D eigenvalue weighted by Gasteiger charge is 2.62. The highest BCUT2D eigenvalue weighted by atomic mass is 16.5. The molecule has 208 valence electrons. The van der Waals surface area contributed by atoms with E-state index in [0.29, 0.717) is 5.69 Å². The van der Waals surface area contributed by atoms with E-state index in [-0.39, 0.29) is 34.9 Å². The smallest absolute Gasteiger partial charge is 0.340 e. The number of imide groups is 1. The SMILES string of the molecule is Cc1cc(C)cc(NC(=O)COC(=O)c2ccccc2N2C(=O)[C@H]3C4c5ccccc5C(c5ccccc54)[C@@H]3C2=O)c1. The fourth-order valence-electron chi connectivity index (χ4n) is 7.21. The lowest BCUT2D eigenvalue weighted by molar-refractivity contribution is -0.122. The second-order valence-corrected chi connectivity index (χ2v) is 11.3. The quantitative estimate of drug-likeness (QED) is 0.259. The normalized spacial score (nSPS) is 21.4. The molecule has 2 bridgehead atoms. The van der Waals surface area contributed by atoms with Gasteiger partial charge < -0.3 is 10.1 Å². The van der Waals surface area contributed by atoms with Crippen LogP contribution in [0.4, 0.5) is 11.4 Å². The average molecular weight is 557 g/mol. The highest BCUT2D eigenvalue weighted by Crippen LogP contribution is 2.61. The van der Waals surface area contributed by atoms with Crippen LogP contribution in [0, 0.1) is 25.7 Å². The molecule has 0 spiro atoms. The lowest BCUT2D eigenvalue weighted by atomic mass is 9.55. The molecule has 1 N–H and O–H groups in total. The van der Waals surface area contributed by atoms with E-state index in [1.165, 1.54) is 11.0 Å². The maximum atomic E-state index is 14.1. The summed E-state index contributed by atoms with van der Waals surface area (Å²) in [7, 11) is 0. The van der Waals surface area contributed by atoms with Crippen LogP contribution in [0.1, 0.15) is 55.6 Å². The minimum atomic E-state index is -0.786. The third kappa shape index (κ3) is 3.96. The summed E-state index contributed by atoms with van der Waals surface area (Å²) in [6.07, 6.45) is 0. The van der Waals surface area contributed by atoms with Crippen LogP contribution < -0.4 is 10.2 Å². The van der Waals surface area contributed by atoms with Crippen LogP contribution in [0.3, 0.4) is 0 Å². The number of carbonyl (C=O) groups excluding carboxylic acids is 4. The van der Waals surface area contributed by atoms with Crippen molar-refractivity contribution in [3.8, 4) is 0 Å². The van der Waals surface area contributed by atoms with Crippen molar-refractivity contribution in [2.75, 3.05) is 16.8 Å². The van der Waals surface area contributed by atoms with Crippen LogP contribution in [-0.4, -0.2) is 30.3 Å². The Bertz CT molecular complexity index is 1680. The molecule has 7 heteroatoms. The molecule has 3 aliphatic carbocycles. The molecule has 3 amide bonds. The second-order valence-electron chi connectivity index (χ2n) is 11.3. The van der Waals surface area contributed by atoms with Gasteiger partial charge in [0.05, 0.1) is 23.1 Å². The van der Waals surface area contributed by atoms with Gasteiger partial charge in [-0.25, -0.2) is 9.69 Å². The number of hydrogen-bond donors (Lipinski definition) is 1. The van der Waals surface area contributed by atoms with E-state index in [2.05, 4.69) is 5.32 Å². The number of nitrogens with one attached hydrogen (secondary N) is 1. The Morgan fingerprint density at radius 1 is 0.714 bits per heavy atom. The molecule has 1 fully saturated rings. The maximum Gasteiger partial charge on any atom is 0.340 e. The van der Waals surface area contributed by atoms with E-state index in [4.69, 9.17) is 4.74 Å². The lowest BCUT2D eigenvalue weighted by Gasteiger charge is -2.45. The topological polar surface area (TPSA) is 92.8 Å². The number of ether oxygens (including phenoxy) is 1. The summed E-state index contributed by atoms with van der Waals surface area (Å²) in [6.45, 7) is 3.35. The minimum Gasteiger partial charge on any atom is -0.452 e. The fraction of sp³-hybridized carbons (Fsp3) is 0.200. The first kappa shape index (κ1) is 25.9. The molecule has 4 aliphatic rings. The Hall–Kier alpha value is -5.04. The zero-order chi connectivity index (χ0) is 29.1. The Morgan fingerprint density at radius 3 is 1.71 bits per heavy atom. The van der Waals surface area contributed by atoms with Gasteiger partial charge in [0.25, 0.3) is 5.91 Å². The second kappa shape index (κ2) is 9.80. The molecule has 1 heterocycles. The molecule has 0 radical (unpaired) electrons. The minimum absolute atomic E-state index is 0.0550. The first-order valence-electron chi connectivity index (χ1n) is 14.0. The Kier molecular flexibility index (Phi) is 6.04. The molecule has 4 aromatic carbocycles. The standard InChI is InChI=1S/C35H28N2O5/c1-19-15-20(2)17-21(16-19)36-28(38)18-42-35(41)26-13-7-8-14-27(26)37-33(39)31-29-22-9-3-4-10-23(22)30(32(31)34(37)40)25-12-6-5-11-24(25)29/h3-17,29-32H,18H2,1-2H3,(H,36,38)/t29?,30?,31-,32-/m0/s1. The van der Waals surface area contributed by atoms with Crippen LogP contribution in [0.2, 0.25) is 0 Å². The van der Waals surface area contributed by atoms with E-state index < -0.39 is 30.3 Å². The molecule has 8 rings (SSSR count). The van der Waals surface area contributed by atoms with Crippen LogP contribution in [-0.2, 0) is 19.1 Å². The number of amides is 3. The number of nitrogens with zero attached hydrogens (tertiary/aromatic N) is 1. The largest absolute Gasteiger partial charge is 0.452 e. The Labute approximate surface area is 243 Å². The molecule has 0 saturated carbocycles. The lowest BCUT2D eigenvalue weighted by Crippen LogP contribution is -2.41. The number of carbonyl (C=O) groups is 4. The van der Waals surface area contributed by atoms with Gasteiger partial charge >= 0.3 is 5.97 Å². The van der Waals surface area contributed by atoms with Crippen molar-refractivity contribution in [1.29, 1.82) is 0 Å². The molecule has 7 nitrogen and oxygen atoms in total. The zero-order valence-electron chi connectivity index (χ0n) is 23.2. The molecule has 4 aromatic rings. The van der Waals surface area contributed by atoms with Gasteiger partial charge in [-0.3, -0.25) is 14.4 Å². The number of aryl methyl sites for hydroxylation is 2. The molecule has 1 aliphatic heterocycles. The van der Waals surface area contributed by atoms with Crippen molar-refractivity contribution in [3.63, 3.8) is 0 Å². The average Bonchev–Trinajstić information content (AvgIpc) is 3.25. The molecular formula is C35H28N2O5. The third-order valence-electron chi connectivity index (χ3n) is 8.65. The maximum absolute atomic E-state index is 14.1. The molecule has 42 heavy (non-hydrogen) atoms. The molecule has 0 unspecified atom stereocenters. The third-order valence-corrected chi connectivity index (χ3v) is 8.65. The van der Waals surface area contributed by atoms with Crippen molar-refractivity contribution in [2.24, 2.45) is 11.8 Å².